The SMILES string of the molecule is Cc1nn(-c2ccc(F)cc2)c(C)c1C(=O)NCC1(C)OCCCO1. The van der Waals surface area contributed by atoms with Gasteiger partial charge in [0.15, 0.2) is 5.79 Å². The van der Waals surface area contributed by atoms with Crippen LogP contribution in [0, 0.1) is 19.7 Å². The highest BCUT2D eigenvalue weighted by atomic mass is 19.1. The molecule has 1 amide bonds. The zero-order valence-corrected chi connectivity index (χ0v) is 14.6. The minimum absolute atomic E-state index is 0.234. The first-order chi connectivity index (χ1) is 11.9. The van der Waals surface area contributed by atoms with Crippen LogP contribution >= 0.6 is 0 Å². The molecule has 0 unspecified atom stereocenters. The van der Waals surface area contributed by atoms with Crippen LogP contribution in [0.15, 0.2) is 24.3 Å². The van der Waals surface area contributed by atoms with Gasteiger partial charge in [-0.3, -0.25) is 4.79 Å². The lowest BCUT2D eigenvalue weighted by molar-refractivity contribution is -0.251. The number of ether oxygens (including phenoxy) is 2. The van der Waals surface area contributed by atoms with Crippen LogP contribution in [-0.4, -0.2) is 41.2 Å². The van der Waals surface area contributed by atoms with E-state index in [1.807, 2.05) is 13.8 Å². The molecule has 0 atom stereocenters. The third kappa shape index (κ3) is 3.72. The Morgan fingerprint density at radius 2 is 1.92 bits per heavy atom. The molecule has 134 valence electrons. The summed E-state index contributed by atoms with van der Waals surface area (Å²) in [5.41, 5.74) is 2.50. The van der Waals surface area contributed by atoms with Crippen LogP contribution in [0.3, 0.4) is 0 Å². The van der Waals surface area contributed by atoms with Gasteiger partial charge < -0.3 is 14.8 Å². The van der Waals surface area contributed by atoms with Crippen molar-refractivity contribution in [3.05, 3.63) is 47.0 Å². The molecule has 1 aromatic carbocycles. The van der Waals surface area contributed by atoms with Crippen molar-refractivity contribution in [2.75, 3.05) is 19.8 Å². The summed E-state index contributed by atoms with van der Waals surface area (Å²) in [6.07, 6.45) is 0.853. The summed E-state index contributed by atoms with van der Waals surface area (Å²) < 4.78 is 26.0. The largest absolute Gasteiger partial charge is 0.348 e. The van der Waals surface area contributed by atoms with Crippen molar-refractivity contribution in [3.8, 4) is 5.69 Å². The maximum absolute atomic E-state index is 13.1. The van der Waals surface area contributed by atoms with Crippen LogP contribution < -0.4 is 5.32 Å². The number of carbonyl (C=O) groups is 1. The highest BCUT2D eigenvalue weighted by Crippen LogP contribution is 2.20. The monoisotopic (exact) mass is 347 g/mol. The lowest BCUT2D eigenvalue weighted by atomic mass is 10.1. The minimum atomic E-state index is -0.803. The molecule has 1 aliphatic heterocycles. The summed E-state index contributed by atoms with van der Waals surface area (Å²) in [4.78, 5) is 12.6. The number of hydrogen-bond acceptors (Lipinski definition) is 4. The molecule has 0 radical (unpaired) electrons. The molecule has 0 spiro atoms. The molecule has 0 saturated carbocycles. The fraction of sp³-hybridized carbons (Fsp3) is 0.444. The molecule has 2 aromatic rings. The standard InChI is InChI=1S/C18H22FN3O3/c1-12-16(17(23)20-11-18(3)24-9-4-10-25-18)13(2)22(21-12)15-7-5-14(19)6-8-15/h5-8H,4,9-11H2,1-3H3,(H,20,23). The van der Waals surface area contributed by atoms with Gasteiger partial charge in [-0.15, -0.1) is 0 Å². The van der Waals surface area contributed by atoms with Crippen LogP contribution in [0.25, 0.3) is 5.69 Å². The van der Waals surface area contributed by atoms with E-state index in [4.69, 9.17) is 9.47 Å². The summed E-state index contributed by atoms with van der Waals surface area (Å²) >= 11 is 0. The zero-order chi connectivity index (χ0) is 18.0. The molecule has 1 aliphatic rings. The molecule has 25 heavy (non-hydrogen) atoms. The molecular formula is C18H22FN3O3. The number of aromatic nitrogens is 2. The molecule has 1 saturated heterocycles. The number of benzene rings is 1. The molecule has 1 aromatic heterocycles. The summed E-state index contributed by atoms with van der Waals surface area (Å²) in [5, 5.41) is 7.28. The van der Waals surface area contributed by atoms with Crippen LogP contribution in [0.4, 0.5) is 4.39 Å². The number of aryl methyl sites for hydroxylation is 1. The van der Waals surface area contributed by atoms with Gasteiger partial charge in [0.05, 0.1) is 42.4 Å². The molecule has 1 N–H and O–H groups in total. The van der Waals surface area contributed by atoms with Crippen molar-refractivity contribution in [2.24, 2.45) is 0 Å². The summed E-state index contributed by atoms with van der Waals surface area (Å²) in [5.74, 6) is -1.35. The number of carbonyl (C=O) groups excluding carboxylic acids is 1. The molecule has 6 nitrogen and oxygen atoms in total. The maximum Gasteiger partial charge on any atom is 0.255 e. The van der Waals surface area contributed by atoms with Crippen LogP contribution in [0.2, 0.25) is 0 Å². The van der Waals surface area contributed by atoms with Crippen molar-refractivity contribution < 1.29 is 18.7 Å². The second-order valence-corrected chi connectivity index (χ2v) is 6.30. The Balaban J connectivity index is 1.78. The van der Waals surface area contributed by atoms with Crippen LogP contribution in [0.1, 0.15) is 35.1 Å². The fourth-order valence-electron chi connectivity index (χ4n) is 2.91. The molecular weight excluding hydrogens is 325 g/mol. The van der Waals surface area contributed by atoms with Gasteiger partial charge in [0.1, 0.15) is 5.82 Å². The molecule has 0 aliphatic carbocycles. The van der Waals surface area contributed by atoms with Gasteiger partial charge in [0.2, 0.25) is 0 Å². The number of rotatable bonds is 4. The van der Waals surface area contributed by atoms with Gasteiger partial charge in [-0.25, -0.2) is 9.07 Å². The number of hydrogen-bond donors (Lipinski definition) is 1. The Kier molecular flexibility index (Phi) is 4.87. The number of halogens is 1. The molecule has 3 rings (SSSR count). The van der Waals surface area contributed by atoms with Crippen LogP contribution in [-0.2, 0) is 9.47 Å². The van der Waals surface area contributed by atoms with E-state index in [1.54, 1.807) is 23.7 Å². The summed E-state index contributed by atoms with van der Waals surface area (Å²) in [6, 6.07) is 5.98. The van der Waals surface area contributed by atoms with Gasteiger partial charge in [-0.1, -0.05) is 0 Å². The molecule has 1 fully saturated rings. The number of nitrogens with zero attached hydrogens (tertiary/aromatic N) is 2. The first kappa shape index (κ1) is 17.6. The normalized spacial score (nSPS) is 16.6. The Hall–Kier alpha value is -2.25. The summed E-state index contributed by atoms with van der Waals surface area (Å²) in [6.45, 7) is 6.89. The van der Waals surface area contributed by atoms with E-state index in [0.717, 1.165) is 6.42 Å². The van der Waals surface area contributed by atoms with E-state index < -0.39 is 5.79 Å². The second kappa shape index (κ2) is 6.93. The van der Waals surface area contributed by atoms with Crippen molar-refractivity contribution in [3.63, 3.8) is 0 Å². The topological polar surface area (TPSA) is 65.4 Å². The lowest BCUT2D eigenvalue weighted by Crippen LogP contribution is -2.47. The zero-order valence-electron chi connectivity index (χ0n) is 14.6. The number of nitrogens with one attached hydrogen (secondary N) is 1. The average Bonchev–Trinajstić information content (AvgIpc) is 2.89. The van der Waals surface area contributed by atoms with E-state index in [2.05, 4.69) is 10.4 Å². The lowest BCUT2D eigenvalue weighted by Gasteiger charge is -2.33. The van der Waals surface area contributed by atoms with Crippen molar-refractivity contribution in [1.82, 2.24) is 15.1 Å². The Morgan fingerprint density at radius 3 is 2.56 bits per heavy atom. The van der Waals surface area contributed by atoms with E-state index in [1.165, 1.54) is 12.1 Å². The highest BCUT2D eigenvalue weighted by molar-refractivity contribution is 5.96. The maximum atomic E-state index is 13.1. The van der Waals surface area contributed by atoms with Crippen molar-refractivity contribution >= 4 is 5.91 Å². The molecule has 2 heterocycles. The van der Waals surface area contributed by atoms with E-state index in [0.29, 0.717) is 35.9 Å². The van der Waals surface area contributed by atoms with Crippen LogP contribution in [0.5, 0.6) is 0 Å². The number of amides is 1. The Bertz CT molecular complexity index is 765. The summed E-state index contributed by atoms with van der Waals surface area (Å²) in [7, 11) is 0. The van der Waals surface area contributed by atoms with Gasteiger partial charge in [0.25, 0.3) is 5.91 Å². The van der Waals surface area contributed by atoms with E-state index in [9.17, 15) is 9.18 Å². The van der Waals surface area contributed by atoms with E-state index in [-0.39, 0.29) is 18.3 Å². The van der Waals surface area contributed by atoms with Gasteiger partial charge in [0, 0.05) is 0 Å². The fourth-order valence-corrected chi connectivity index (χ4v) is 2.91. The smallest absolute Gasteiger partial charge is 0.255 e. The quantitative estimate of drug-likeness (QED) is 0.923. The van der Waals surface area contributed by atoms with Crippen molar-refractivity contribution in [2.45, 2.75) is 33.0 Å². The molecule has 7 heteroatoms. The third-order valence-corrected chi connectivity index (χ3v) is 4.26. The molecule has 0 bridgehead atoms. The van der Waals surface area contributed by atoms with Gasteiger partial charge in [-0.05, 0) is 51.5 Å². The van der Waals surface area contributed by atoms with Gasteiger partial charge >= 0.3 is 0 Å². The Labute approximate surface area is 145 Å². The van der Waals surface area contributed by atoms with Crippen molar-refractivity contribution in [1.29, 1.82) is 0 Å². The second-order valence-electron chi connectivity index (χ2n) is 6.30. The minimum Gasteiger partial charge on any atom is -0.348 e. The first-order valence-corrected chi connectivity index (χ1v) is 8.28. The highest BCUT2D eigenvalue weighted by Gasteiger charge is 2.30. The predicted octanol–water partition coefficient (Wildman–Crippen LogP) is 2.51. The average molecular weight is 347 g/mol. The van der Waals surface area contributed by atoms with Gasteiger partial charge in [-0.2, -0.15) is 5.10 Å². The van der Waals surface area contributed by atoms with E-state index >= 15 is 0 Å². The Morgan fingerprint density at radius 1 is 1.28 bits per heavy atom. The predicted molar refractivity (Wildman–Crippen MR) is 90.3 cm³/mol. The first-order valence-electron chi connectivity index (χ1n) is 8.28. The third-order valence-electron chi connectivity index (χ3n) is 4.26.